The highest BCUT2D eigenvalue weighted by Gasteiger charge is 2.22. The monoisotopic (exact) mass is 495 g/mol. The molecule has 9 heteroatoms. The van der Waals surface area contributed by atoms with E-state index in [1.807, 2.05) is 6.92 Å². The molecule has 0 fully saturated rings. The van der Waals surface area contributed by atoms with Crippen LogP contribution in [0.15, 0.2) is 34.8 Å². The van der Waals surface area contributed by atoms with Gasteiger partial charge >= 0.3 is 5.97 Å². The number of methoxy groups -OCH3 is 3. The molecule has 0 aliphatic heterocycles. The number of halogens is 1. The minimum absolute atomic E-state index is 0.214. The van der Waals surface area contributed by atoms with Gasteiger partial charge in [0.15, 0.2) is 17.6 Å². The molecule has 0 aromatic heterocycles. The van der Waals surface area contributed by atoms with Crippen molar-refractivity contribution in [2.45, 2.75) is 26.4 Å². The van der Waals surface area contributed by atoms with Crippen molar-refractivity contribution in [1.82, 2.24) is 0 Å². The van der Waals surface area contributed by atoms with Crippen LogP contribution in [0.2, 0.25) is 0 Å². The van der Waals surface area contributed by atoms with E-state index in [1.165, 1.54) is 34.3 Å². The topological polar surface area (TPSA) is 92.3 Å². The van der Waals surface area contributed by atoms with E-state index in [1.54, 1.807) is 24.3 Å². The van der Waals surface area contributed by atoms with Crippen molar-refractivity contribution in [3.05, 3.63) is 40.4 Å². The van der Waals surface area contributed by atoms with Gasteiger partial charge in [-0.1, -0.05) is 6.92 Å². The summed E-state index contributed by atoms with van der Waals surface area (Å²) in [4.78, 5) is 25.2. The number of ether oxygens (including phenoxy) is 5. The molecule has 0 aliphatic rings. The summed E-state index contributed by atoms with van der Waals surface area (Å²) in [5, 5.41) is 2.68. The lowest BCUT2D eigenvalue weighted by Crippen LogP contribution is -2.30. The van der Waals surface area contributed by atoms with Crippen LogP contribution in [0.4, 0.5) is 5.69 Å². The first-order chi connectivity index (χ1) is 14.8. The van der Waals surface area contributed by atoms with E-state index in [2.05, 4.69) is 21.2 Å². The van der Waals surface area contributed by atoms with Crippen LogP contribution in [-0.4, -0.2) is 45.9 Å². The lowest BCUT2D eigenvalue weighted by Gasteiger charge is -2.17. The SMILES string of the molecule is CCCOc1c(Br)cc(C(=O)OC(C)C(=O)Nc2cc(OC)ccc2OC)cc1OC. The molecular weight excluding hydrogens is 470 g/mol. The second-order valence-corrected chi connectivity index (χ2v) is 7.30. The summed E-state index contributed by atoms with van der Waals surface area (Å²) < 4.78 is 27.3. The number of esters is 1. The predicted molar refractivity (Wildman–Crippen MR) is 120 cm³/mol. The summed E-state index contributed by atoms with van der Waals surface area (Å²) >= 11 is 3.39. The fourth-order valence-corrected chi connectivity index (χ4v) is 3.17. The summed E-state index contributed by atoms with van der Waals surface area (Å²) in [5.74, 6) is 0.673. The second-order valence-electron chi connectivity index (χ2n) is 6.44. The van der Waals surface area contributed by atoms with Crippen LogP contribution in [0.1, 0.15) is 30.6 Å². The lowest BCUT2D eigenvalue weighted by molar-refractivity contribution is -0.123. The first-order valence-electron chi connectivity index (χ1n) is 9.58. The first kappa shape index (κ1) is 24.3. The van der Waals surface area contributed by atoms with E-state index in [-0.39, 0.29) is 5.56 Å². The Kier molecular flexibility index (Phi) is 8.99. The zero-order valence-electron chi connectivity index (χ0n) is 18.1. The minimum Gasteiger partial charge on any atom is -0.497 e. The van der Waals surface area contributed by atoms with E-state index in [0.29, 0.717) is 39.8 Å². The third kappa shape index (κ3) is 6.27. The molecule has 2 aromatic carbocycles. The van der Waals surface area contributed by atoms with Crippen molar-refractivity contribution in [3.8, 4) is 23.0 Å². The smallest absolute Gasteiger partial charge is 0.339 e. The molecular formula is C22H26BrNO7. The van der Waals surface area contributed by atoms with Crippen LogP contribution in [0.25, 0.3) is 0 Å². The van der Waals surface area contributed by atoms with E-state index < -0.39 is 18.0 Å². The molecule has 31 heavy (non-hydrogen) atoms. The van der Waals surface area contributed by atoms with Crippen LogP contribution in [0.3, 0.4) is 0 Å². The largest absolute Gasteiger partial charge is 0.497 e. The van der Waals surface area contributed by atoms with E-state index >= 15 is 0 Å². The van der Waals surface area contributed by atoms with Gasteiger partial charge in [0.2, 0.25) is 0 Å². The molecule has 0 radical (unpaired) electrons. The van der Waals surface area contributed by atoms with Gasteiger partial charge in [-0.25, -0.2) is 4.79 Å². The molecule has 2 rings (SSSR count). The highest BCUT2D eigenvalue weighted by molar-refractivity contribution is 9.10. The van der Waals surface area contributed by atoms with Crippen molar-refractivity contribution < 1.29 is 33.3 Å². The lowest BCUT2D eigenvalue weighted by atomic mass is 10.2. The van der Waals surface area contributed by atoms with Crippen molar-refractivity contribution in [2.75, 3.05) is 33.3 Å². The number of hydrogen-bond donors (Lipinski definition) is 1. The number of carbonyl (C=O) groups excluding carboxylic acids is 2. The van der Waals surface area contributed by atoms with Gasteiger partial charge in [0.25, 0.3) is 5.91 Å². The maximum atomic E-state index is 12.6. The summed E-state index contributed by atoms with van der Waals surface area (Å²) in [6.45, 7) is 3.97. The Morgan fingerprint density at radius 2 is 1.74 bits per heavy atom. The van der Waals surface area contributed by atoms with Gasteiger partial charge in [0, 0.05) is 6.07 Å². The molecule has 1 unspecified atom stereocenters. The molecule has 0 saturated heterocycles. The Morgan fingerprint density at radius 3 is 2.35 bits per heavy atom. The number of anilines is 1. The Bertz CT molecular complexity index is 932. The van der Waals surface area contributed by atoms with Gasteiger partial charge in [-0.15, -0.1) is 0 Å². The summed E-state index contributed by atoms with van der Waals surface area (Å²) in [7, 11) is 4.48. The fourth-order valence-electron chi connectivity index (χ4n) is 2.61. The highest BCUT2D eigenvalue weighted by atomic mass is 79.9. The van der Waals surface area contributed by atoms with Gasteiger partial charge < -0.3 is 29.0 Å². The molecule has 1 N–H and O–H groups in total. The van der Waals surface area contributed by atoms with Crippen LogP contribution < -0.4 is 24.3 Å². The summed E-state index contributed by atoms with van der Waals surface area (Å²) in [6.07, 6.45) is -0.242. The zero-order valence-corrected chi connectivity index (χ0v) is 19.7. The van der Waals surface area contributed by atoms with Crippen LogP contribution in [0, 0.1) is 0 Å². The molecule has 2 aromatic rings. The molecule has 0 spiro atoms. The molecule has 1 amide bonds. The van der Waals surface area contributed by atoms with E-state index in [4.69, 9.17) is 23.7 Å². The first-order valence-corrected chi connectivity index (χ1v) is 10.4. The average molecular weight is 496 g/mol. The summed E-state index contributed by atoms with van der Waals surface area (Å²) in [6, 6.07) is 8.05. The molecule has 168 valence electrons. The Balaban J connectivity index is 2.13. The number of benzene rings is 2. The number of rotatable bonds is 10. The van der Waals surface area contributed by atoms with Gasteiger partial charge in [0.1, 0.15) is 11.5 Å². The number of hydrogen-bond acceptors (Lipinski definition) is 7. The quantitative estimate of drug-likeness (QED) is 0.486. The fraction of sp³-hybridized carbons (Fsp3) is 0.364. The predicted octanol–water partition coefficient (Wildman–Crippen LogP) is 4.45. The average Bonchev–Trinajstić information content (AvgIpc) is 2.77. The van der Waals surface area contributed by atoms with E-state index in [0.717, 1.165) is 6.42 Å². The number of nitrogens with one attached hydrogen (secondary N) is 1. The number of carbonyl (C=O) groups is 2. The van der Waals surface area contributed by atoms with Crippen molar-refractivity contribution in [3.63, 3.8) is 0 Å². The molecule has 8 nitrogen and oxygen atoms in total. The van der Waals surface area contributed by atoms with Crippen LogP contribution >= 0.6 is 15.9 Å². The Morgan fingerprint density at radius 1 is 1.03 bits per heavy atom. The molecule has 0 heterocycles. The van der Waals surface area contributed by atoms with Crippen LogP contribution in [-0.2, 0) is 9.53 Å². The van der Waals surface area contributed by atoms with Crippen LogP contribution in [0.5, 0.6) is 23.0 Å². The van der Waals surface area contributed by atoms with Crippen molar-refractivity contribution in [1.29, 1.82) is 0 Å². The Hall–Kier alpha value is -2.94. The van der Waals surface area contributed by atoms with Crippen molar-refractivity contribution in [2.24, 2.45) is 0 Å². The standard InChI is InChI=1S/C22H26BrNO7/c1-6-9-30-20-16(23)10-14(11-19(20)29-5)22(26)31-13(2)21(25)24-17-12-15(27-3)7-8-18(17)28-4/h7-8,10-13H,6,9H2,1-5H3,(H,24,25). The van der Waals surface area contributed by atoms with Gasteiger partial charge in [-0.2, -0.15) is 0 Å². The summed E-state index contributed by atoms with van der Waals surface area (Å²) in [5.41, 5.74) is 0.614. The third-order valence-electron chi connectivity index (χ3n) is 4.23. The minimum atomic E-state index is -1.07. The molecule has 0 bridgehead atoms. The Labute approximate surface area is 189 Å². The second kappa shape index (κ2) is 11.5. The molecule has 0 aliphatic carbocycles. The zero-order chi connectivity index (χ0) is 23.0. The van der Waals surface area contributed by atoms with Gasteiger partial charge in [-0.05, 0) is 53.5 Å². The normalized spacial score (nSPS) is 11.3. The molecule has 0 saturated carbocycles. The van der Waals surface area contributed by atoms with Crippen molar-refractivity contribution >= 4 is 33.5 Å². The highest BCUT2D eigenvalue weighted by Crippen LogP contribution is 2.37. The number of amides is 1. The third-order valence-corrected chi connectivity index (χ3v) is 4.82. The van der Waals surface area contributed by atoms with E-state index in [9.17, 15) is 9.59 Å². The maximum Gasteiger partial charge on any atom is 0.339 e. The molecule has 1 atom stereocenters. The van der Waals surface area contributed by atoms with Gasteiger partial charge in [-0.3, -0.25) is 4.79 Å². The van der Waals surface area contributed by atoms with Gasteiger partial charge in [0.05, 0.1) is 43.7 Å². The maximum absolute atomic E-state index is 12.6.